The standard InChI is InChI=1S/C3H4N3OS/c4-3(7)6-5-1-2-8-6/h1,5H,(H2,4,7). The van der Waals surface area contributed by atoms with Gasteiger partial charge in [-0.05, 0) is 0 Å². The van der Waals surface area contributed by atoms with Crippen molar-refractivity contribution in [2.24, 2.45) is 5.73 Å². The Hall–Kier alpha value is -0.840. The monoisotopic (exact) mass is 130 g/mol. The van der Waals surface area contributed by atoms with Crippen LogP contribution in [0.15, 0.2) is 6.20 Å². The van der Waals surface area contributed by atoms with Crippen molar-refractivity contribution in [1.29, 1.82) is 0 Å². The van der Waals surface area contributed by atoms with Gasteiger partial charge in [0.15, 0.2) is 0 Å². The predicted molar refractivity (Wildman–Crippen MR) is 30.0 cm³/mol. The summed E-state index contributed by atoms with van der Waals surface area (Å²) >= 11 is 1.09. The van der Waals surface area contributed by atoms with Crippen LogP contribution in [0.3, 0.4) is 0 Å². The van der Waals surface area contributed by atoms with Crippen LogP contribution in [-0.4, -0.2) is 10.4 Å². The molecular weight excluding hydrogens is 126 g/mol. The topological polar surface area (TPSA) is 58.4 Å². The summed E-state index contributed by atoms with van der Waals surface area (Å²) in [6, 6.07) is -0.517. The molecule has 43 valence electrons. The molecule has 0 aliphatic carbocycles. The van der Waals surface area contributed by atoms with Crippen LogP contribution in [0.5, 0.6) is 0 Å². The first kappa shape index (κ1) is 5.30. The van der Waals surface area contributed by atoms with Gasteiger partial charge in [0.05, 0.1) is 5.41 Å². The third kappa shape index (κ3) is 0.865. The van der Waals surface area contributed by atoms with E-state index in [1.54, 1.807) is 0 Å². The van der Waals surface area contributed by atoms with Gasteiger partial charge in [0, 0.05) is 18.1 Å². The van der Waals surface area contributed by atoms with Crippen LogP contribution >= 0.6 is 11.9 Å². The van der Waals surface area contributed by atoms with E-state index in [4.69, 9.17) is 5.73 Å². The van der Waals surface area contributed by atoms with E-state index in [0.717, 1.165) is 11.9 Å². The van der Waals surface area contributed by atoms with Gasteiger partial charge in [-0.2, -0.15) is 4.41 Å². The van der Waals surface area contributed by atoms with Gasteiger partial charge >= 0.3 is 6.03 Å². The van der Waals surface area contributed by atoms with E-state index >= 15 is 0 Å². The average Bonchev–Trinajstić information content (AvgIpc) is 2.12. The van der Waals surface area contributed by atoms with E-state index in [1.165, 1.54) is 10.6 Å². The highest BCUT2D eigenvalue weighted by molar-refractivity contribution is 7.99. The fourth-order valence-corrected chi connectivity index (χ4v) is 0.705. The lowest BCUT2D eigenvalue weighted by molar-refractivity contribution is 0.230. The van der Waals surface area contributed by atoms with Crippen LogP contribution in [0.2, 0.25) is 0 Å². The van der Waals surface area contributed by atoms with E-state index < -0.39 is 6.03 Å². The molecule has 4 nitrogen and oxygen atoms in total. The summed E-state index contributed by atoms with van der Waals surface area (Å²) in [7, 11) is 0. The third-order valence-electron chi connectivity index (χ3n) is 0.585. The molecule has 0 aromatic carbocycles. The first-order valence-electron chi connectivity index (χ1n) is 1.90. The van der Waals surface area contributed by atoms with Crippen molar-refractivity contribution in [3.8, 4) is 0 Å². The second kappa shape index (κ2) is 1.95. The Morgan fingerprint density at radius 3 is 3.00 bits per heavy atom. The molecule has 1 radical (unpaired) electrons. The first-order chi connectivity index (χ1) is 3.80. The molecule has 0 aromatic heterocycles. The normalized spacial score (nSPS) is 16.2. The van der Waals surface area contributed by atoms with Crippen molar-refractivity contribution >= 4 is 18.0 Å². The molecule has 1 rings (SSSR count). The summed E-state index contributed by atoms with van der Waals surface area (Å²) in [5.41, 5.74) is 7.38. The second-order valence-electron chi connectivity index (χ2n) is 1.12. The number of rotatable bonds is 0. The van der Waals surface area contributed by atoms with Crippen molar-refractivity contribution in [2.45, 2.75) is 0 Å². The summed E-state index contributed by atoms with van der Waals surface area (Å²) in [6.45, 7) is 0. The maximum atomic E-state index is 10.2. The maximum Gasteiger partial charge on any atom is 0.344 e. The number of hydrazine groups is 1. The van der Waals surface area contributed by atoms with Crippen LogP contribution < -0.4 is 11.2 Å². The zero-order valence-corrected chi connectivity index (χ0v) is 4.73. The van der Waals surface area contributed by atoms with Crippen LogP contribution in [0.4, 0.5) is 4.79 Å². The van der Waals surface area contributed by atoms with Gasteiger partial charge in [-0.25, -0.2) is 4.79 Å². The first-order valence-corrected chi connectivity index (χ1v) is 2.68. The summed E-state index contributed by atoms with van der Waals surface area (Å²) in [6.07, 6.45) is 1.51. The zero-order valence-electron chi connectivity index (χ0n) is 3.92. The van der Waals surface area contributed by atoms with E-state index in [2.05, 4.69) is 10.8 Å². The summed E-state index contributed by atoms with van der Waals surface area (Å²) in [5, 5.41) is 2.66. The Bertz CT molecular complexity index is 126. The van der Waals surface area contributed by atoms with Gasteiger partial charge < -0.3 is 5.73 Å². The van der Waals surface area contributed by atoms with Crippen molar-refractivity contribution in [3.63, 3.8) is 0 Å². The zero-order chi connectivity index (χ0) is 5.98. The van der Waals surface area contributed by atoms with Crippen molar-refractivity contribution in [1.82, 2.24) is 9.84 Å². The van der Waals surface area contributed by atoms with Gasteiger partial charge in [-0.3, -0.25) is 5.43 Å². The highest BCUT2D eigenvalue weighted by atomic mass is 32.2. The van der Waals surface area contributed by atoms with Gasteiger partial charge in [-0.15, -0.1) is 0 Å². The number of nitrogens with two attached hydrogens (primary N) is 1. The van der Waals surface area contributed by atoms with Crippen LogP contribution in [0.1, 0.15) is 0 Å². The molecule has 5 heteroatoms. The smallest absolute Gasteiger partial charge is 0.344 e. The lowest BCUT2D eigenvalue weighted by Gasteiger charge is -2.08. The second-order valence-corrected chi connectivity index (χ2v) is 1.90. The van der Waals surface area contributed by atoms with E-state index in [9.17, 15) is 4.79 Å². The van der Waals surface area contributed by atoms with Crippen molar-refractivity contribution in [3.05, 3.63) is 11.6 Å². The fraction of sp³-hybridized carbons (Fsp3) is 0. The minimum absolute atomic E-state index is 0.517. The molecule has 1 aliphatic heterocycles. The van der Waals surface area contributed by atoms with Crippen LogP contribution in [0, 0.1) is 5.41 Å². The molecule has 1 aliphatic rings. The Balaban J connectivity index is 2.41. The number of amides is 2. The van der Waals surface area contributed by atoms with Gasteiger partial charge in [0.25, 0.3) is 0 Å². The molecule has 3 N–H and O–H groups in total. The van der Waals surface area contributed by atoms with Gasteiger partial charge in [0.2, 0.25) is 0 Å². The van der Waals surface area contributed by atoms with Gasteiger partial charge in [0.1, 0.15) is 0 Å². The van der Waals surface area contributed by atoms with Crippen LogP contribution in [-0.2, 0) is 0 Å². The molecule has 0 atom stereocenters. The average molecular weight is 130 g/mol. The lowest BCUT2D eigenvalue weighted by atomic mass is 11.0. The van der Waals surface area contributed by atoms with E-state index in [1.807, 2.05) is 0 Å². The van der Waals surface area contributed by atoms with E-state index in [-0.39, 0.29) is 0 Å². The number of urea groups is 1. The van der Waals surface area contributed by atoms with E-state index in [0.29, 0.717) is 0 Å². The molecule has 0 spiro atoms. The maximum absolute atomic E-state index is 10.2. The Morgan fingerprint density at radius 1 is 2.00 bits per heavy atom. The molecular formula is C3H4N3OS. The molecule has 0 saturated heterocycles. The fourth-order valence-electron chi connectivity index (χ4n) is 0.299. The molecule has 1 heterocycles. The van der Waals surface area contributed by atoms with Crippen molar-refractivity contribution in [2.75, 3.05) is 0 Å². The largest absolute Gasteiger partial charge is 0.349 e. The number of nitrogens with zero attached hydrogens (tertiary/aromatic N) is 1. The Kier molecular flexibility index (Phi) is 1.29. The SMILES string of the molecule is NC(=O)N1NC=[C]S1. The molecule has 8 heavy (non-hydrogen) atoms. The molecule has 0 unspecified atom stereocenters. The summed E-state index contributed by atoms with van der Waals surface area (Å²) < 4.78 is 1.17. The third-order valence-corrected chi connectivity index (χ3v) is 1.28. The lowest BCUT2D eigenvalue weighted by Crippen LogP contribution is -2.35. The van der Waals surface area contributed by atoms with Crippen molar-refractivity contribution < 1.29 is 4.79 Å². The molecule has 0 bridgehead atoms. The number of nitrogens with one attached hydrogen (secondary N) is 1. The Labute approximate surface area is 50.8 Å². The quantitative estimate of drug-likeness (QED) is 0.447. The number of hydrogen-bond acceptors (Lipinski definition) is 3. The van der Waals surface area contributed by atoms with Gasteiger partial charge in [-0.1, -0.05) is 0 Å². The minimum atomic E-state index is -0.517. The molecule has 0 aromatic rings. The number of primary amides is 1. The highest BCUT2D eigenvalue weighted by Crippen LogP contribution is 2.10. The predicted octanol–water partition coefficient (Wildman–Crippen LogP) is -0.192. The number of hydrogen-bond donors (Lipinski definition) is 2. The molecule has 2 amide bonds. The van der Waals surface area contributed by atoms with Crippen LogP contribution in [0.25, 0.3) is 0 Å². The Morgan fingerprint density at radius 2 is 2.75 bits per heavy atom. The summed E-state index contributed by atoms with van der Waals surface area (Å²) in [5.74, 6) is 0. The number of carbonyl (C=O) groups is 1. The molecule has 0 saturated carbocycles. The number of carbonyl (C=O) groups excluding carboxylic acids is 1. The highest BCUT2D eigenvalue weighted by Gasteiger charge is 2.09. The summed E-state index contributed by atoms with van der Waals surface area (Å²) in [4.78, 5) is 10.2. The molecule has 0 fully saturated rings. The minimum Gasteiger partial charge on any atom is -0.349 e.